The van der Waals surface area contributed by atoms with Crippen LogP contribution < -0.4 is 0 Å². The summed E-state index contributed by atoms with van der Waals surface area (Å²) in [6, 6.07) is 3.40. The number of rotatable bonds is 2. The molecule has 14 heavy (non-hydrogen) atoms. The fourth-order valence-electron chi connectivity index (χ4n) is 1.84. The third kappa shape index (κ3) is 1.93. The van der Waals surface area contributed by atoms with Gasteiger partial charge in [0.1, 0.15) is 6.61 Å². The van der Waals surface area contributed by atoms with Crippen molar-refractivity contribution < 1.29 is 13.9 Å². The predicted molar refractivity (Wildman–Crippen MR) is 51.6 cm³/mol. The molecule has 0 saturated carbocycles. The molecule has 1 N–H and O–H groups in total. The van der Waals surface area contributed by atoms with Gasteiger partial charge >= 0.3 is 0 Å². The van der Waals surface area contributed by atoms with E-state index in [1.165, 1.54) is 0 Å². The highest BCUT2D eigenvalue weighted by atomic mass is 19.3. The molecule has 1 aromatic carbocycles. The molecule has 1 nitrogen and oxygen atoms in total. The molecular formula is C11H14F2O. The first-order valence-corrected chi connectivity index (χ1v) is 4.45. The van der Waals surface area contributed by atoms with E-state index in [0.29, 0.717) is 11.1 Å². The molecule has 0 radical (unpaired) electrons. The van der Waals surface area contributed by atoms with Crippen LogP contribution in [0.15, 0.2) is 12.1 Å². The highest BCUT2D eigenvalue weighted by Gasteiger charge is 2.33. The molecule has 0 saturated heterocycles. The van der Waals surface area contributed by atoms with Gasteiger partial charge in [-0.2, -0.15) is 8.78 Å². The number of hydrogen-bond donors (Lipinski definition) is 1. The Morgan fingerprint density at radius 1 is 1.14 bits per heavy atom. The van der Waals surface area contributed by atoms with E-state index in [2.05, 4.69) is 0 Å². The van der Waals surface area contributed by atoms with Crippen molar-refractivity contribution in [2.45, 2.75) is 26.7 Å². The number of aryl methyl sites for hydroxylation is 3. The van der Waals surface area contributed by atoms with Crippen LogP contribution >= 0.6 is 0 Å². The van der Waals surface area contributed by atoms with Gasteiger partial charge < -0.3 is 5.11 Å². The van der Waals surface area contributed by atoms with Crippen LogP contribution in [0.4, 0.5) is 8.78 Å². The number of alkyl halides is 2. The van der Waals surface area contributed by atoms with Crippen molar-refractivity contribution >= 4 is 0 Å². The van der Waals surface area contributed by atoms with Gasteiger partial charge in [0.25, 0.3) is 5.92 Å². The molecule has 0 amide bonds. The fraction of sp³-hybridized carbons (Fsp3) is 0.455. The zero-order chi connectivity index (χ0) is 10.9. The minimum absolute atomic E-state index is 0.0504. The maximum atomic E-state index is 13.3. The van der Waals surface area contributed by atoms with Crippen LogP contribution in [0.25, 0.3) is 0 Å². The van der Waals surface area contributed by atoms with Gasteiger partial charge in [0.15, 0.2) is 0 Å². The molecule has 0 aliphatic carbocycles. The summed E-state index contributed by atoms with van der Waals surface area (Å²) in [5.41, 5.74) is 1.96. The topological polar surface area (TPSA) is 20.2 Å². The summed E-state index contributed by atoms with van der Waals surface area (Å²) in [5.74, 6) is -3.14. The second-order valence-electron chi connectivity index (χ2n) is 3.64. The third-order valence-corrected chi connectivity index (χ3v) is 2.24. The lowest BCUT2D eigenvalue weighted by molar-refractivity contribution is -0.0566. The van der Waals surface area contributed by atoms with Crippen LogP contribution in [-0.2, 0) is 5.92 Å². The SMILES string of the molecule is Cc1cc(C)c(C(F)(F)CO)c(C)c1. The monoisotopic (exact) mass is 200 g/mol. The van der Waals surface area contributed by atoms with Gasteiger partial charge in [-0.25, -0.2) is 0 Å². The van der Waals surface area contributed by atoms with E-state index in [0.717, 1.165) is 5.56 Å². The lowest BCUT2D eigenvalue weighted by atomic mass is 9.95. The third-order valence-electron chi connectivity index (χ3n) is 2.24. The number of hydrogen-bond acceptors (Lipinski definition) is 1. The summed E-state index contributed by atoms with van der Waals surface area (Å²) in [6.07, 6.45) is 0. The molecule has 3 heteroatoms. The molecule has 1 rings (SSSR count). The highest BCUT2D eigenvalue weighted by molar-refractivity contribution is 5.40. The normalized spacial score (nSPS) is 11.9. The summed E-state index contributed by atoms with van der Waals surface area (Å²) < 4.78 is 26.6. The Morgan fingerprint density at radius 3 is 1.93 bits per heavy atom. The zero-order valence-electron chi connectivity index (χ0n) is 8.56. The van der Waals surface area contributed by atoms with Crippen molar-refractivity contribution in [3.8, 4) is 0 Å². The fourth-order valence-corrected chi connectivity index (χ4v) is 1.84. The molecule has 1 aromatic rings. The highest BCUT2D eigenvalue weighted by Crippen LogP contribution is 2.33. The minimum Gasteiger partial charge on any atom is -0.390 e. The van der Waals surface area contributed by atoms with Crippen LogP contribution in [0.5, 0.6) is 0 Å². The van der Waals surface area contributed by atoms with Gasteiger partial charge in [-0.1, -0.05) is 17.7 Å². The van der Waals surface area contributed by atoms with Crippen LogP contribution in [-0.4, -0.2) is 11.7 Å². The van der Waals surface area contributed by atoms with Gasteiger partial charge in [0.2, 0.25) is 0 Å². The molecule has 0 spiro atoms. The Kier molecular flexibility index (Phi) is 2.90. The van der Waals surface area contributed by atoms with Gasteiger partial charge in [-0.3, -0.25) is 0 Å². The maximum Gasteiger partial charge on any atom is 0.296 e. The van der Waals surface area contributed by atoms with E-state index in [9.17, 15) is 8.78 Å². The van der Waals surface area contributed by atoms with Gasteiger partial charge in [-0.05, 0) is 31.9 Å². The van der Waals surface area contributed by atoms with E-state index in [4.69, 9.17) is 5.11 Å². The predicted octanol–water partition coefficient (Wildman–Crippen LogP) is 2.70. The van der Waals surface area contributed by atoms with Crippen molar-refractivity contribution in [3.05, 3.63) is 34.4 Å². The molecule has 0 heterocycles. The number of aliphatic hydroxyl groups excluding tert-OH is 1. The average molecular weight is 200 g/mol. The van der Waals surface area contributed by atoms with Crippen molar-refractivity contribution in [1.29, 1.82) is 0 Å². The Hall–Kier alpha value is -0.960. The zero-order valence-corrected chi connectivity index (χ0v) is 8.56. The smallest absolute Gasteiger partial charge is 0.296 e. The van der Waals surface area contributed by atoms with Crippen LogP contribution in [0.3, 0.4) is 0 Å². The molecule has 0 aliphatic heterocycles. The molecule has 0 aromatic heterocycles. The quantitative estimate of drug-likeness (QED) is 0.778. The molecule has 0 aliphatic rings. The summed E-state index contributed by atoms with van der Waals surface area (Å²) in [4.78, 5) is 0. The Bertz CT molecular complexity index is 322. The van der Waals surface area contributed by atoms with Crippen molar-refractivity contribution in [2.24, 2.45) is 0 Å². The van der Waals surface area contributed by atoms with Crippen molar-refractivity contribution in [3.63, 3.8) is 0 Å². The largest absolute Gasteiger partial charge is 0.390 e. The molecule has 0 fully saturated rings. The van der Waals surface area contributed by atoms with Crippen LogP contribution in [0.2, 0.25) is 0 Å². The molecule has 0 bridgehead atoms. The van der Waals surface area contributed by atoms with Gasteiger partial charge in [-0.15, -0.1) is 0 Å². The first-order chi connectivity index (χ1) is 6.38. The van der Waals surface area contributed by atoms with E-state index in [1.807, 2.05) is 6.92 Å². The maximum absolute atomic E-state index is 13.3. The molecule has 0 atom stereocenters. The standard InChI is InChI=1S/C11H14F2O/c1-7-4-8(2)10(9(3)5-7)11(12,13)6-14/h4-5,14H,6H2,1-3H3. The summed E-state index contributed by atoms with van der Waals surface area (Å²) in [6.45, 7) is 4.00. The van der Waals surface area contributed by atoms with E-state index in [1.54, 1.807) is 26.0 Å². The van der Waals surface area contributed by atoms with Crippen LogP contribution in [0, 0.1) is 20.8 Å². The van der Waals surface area contributed by atoms with E-state index >= 15 is 0 Å². The Morgan fingerprint density at radius 2 is 1.57 bits per heavy atom. The minimum atomic E-state index is -3.14. The van der Waals surface area contributed by atoms with Crippen LogP contribution in [0.1, 0.15) is 22.3 Å². The number of benzene rings is 1. The first-order valence-electron chi connectivity index (χ1n) is 4.45. The Labute approximate surface area is 82.4 Å². The van der Waals surface area contributed by atoms with Crippen molar-refractivity contribution in [1.82, 2.24) is 0 Å². The molecule has 78 valence electrons. The van der Waals surface area contributed by atoms with E-state index < -0.39 is 12.5 Å². The van der Waals surface area contributed by atoms with E-state index in [-0.39, 0.29) is 5.56 Å². The summed E-state index contributed by atoms with van der Waals surface area (Å²) >= 11 is 0. The first kappa shape index (κ1) is 11.1. The van der Waals surface area contributed by atoms with Crippen molar-refractivity contribution in [2.75, 3.05) is 6.61 Å². The Balaban J connectivity index is 3.35. The average Bonchev–Trinajstić information content (AvgIpc) is 2.01. The summed E-state index contributed by atoms with van der Waals surface area (Å²) in [7, 11) is 0. The second kappa shape index (κ2) is 3.65. The number of halogens is 2. The second-order valence-corrected chi connectivity index (χ2v) is 3.64. The van der Waals surface area contributed by atoms with Gasteiger partial charge in [0, 0.05) is 5.56 Å². The lowest BCUT2D eigenvalue weighted by Gasteiger charge is -2.19. The lowest BCUT2D eigenvalue weighted by Crippen LogP contribution is -2.21. The summed E-state index contributed by atoms with van der Waals surface area (Å²) in [5, 5.41) is 8.62. The molecule has 0 unspecified atom stereocenters. The van der Waals surface area contributed by atoms with Gasteiger partial charge in [0.05, 0.1) is 0 Å². The molecular weight excluding hydrogens is 186 g/mol. The number of aliphatic hydroxyl groups is 1.